The lowest BCUT2D eigenvalue weighted by atomic mass is 10.1. The van der Waals surface area contributed by atoms with Crippen molar-refractivity contribution < 1.29 is 4.79 Å². The van der Waals surface area contributed by atoms with Crippen LogP contribution in [0.3, 0.4) is 0 Å². The molecule has 1 aromatic carbocycles. The van der Waals surface area contributed by atoms with Gasteiger partial charge in [-0.3, -0.25) is 4.79 Å². The molecule has 5 nitrogen and oxygen atoms in total. The quantitative estimate of drug-likeness (QED) is 0.755. The first kappa shape index (κ1) is 13.1. The van der Waals surface area contributed by atoms with Crippen LogP contribution in [0.1, 0.15) is 16.2 Å². The average Bonchev–Trinajstić information content (AvgIpc) is 2.47. The number of nitrogens with two attached hydrogens (primary N) is 1. The molecule has 2 aromatic heterocycles. The summed E-state index contributed by atoms with van der Waals surface area (Å²) in [5, 5.41) is 4.44. The molecule has 0 aliphatic heterocycles. The number of nitrogens with one attached hydrogen (secondary N) is 1. The van der Waals surface area contributed by atoms with Crippen LogP contribution in [0.25, 0.3) is 10.8 Å². The van der Waals surface area contributed by atoms with Crippen LogP contribution < -0.4 is 11.1 Å². The van der Waals surface area contributed by atoms with Crippen molar-refractivity contribution in [2.75, 3.05) is 11.1 Å². The van der Waals surface area contributed by atoms with Crippen molar-refractivity contribution in [2.24, 2.45) is 0 Å². The van der Waals surface area contributed by atoms with Gasteiger partial charge in [-0.2, -0.15) is 0 Å². The Morgan fingerprint density at radius 1 is 1.10 bits per heavy atom. The Labute approximate surface area is 121 Å². The maximum Gasteiger partial charge on any atom is 0.275 e. The number of aromatic nitrogens is 2. The molecule has 104 valence electrons. The summed E-state index contributed by atoms with van der Waals surface area (Å²) in [5.41, 5.74) is 7.01. The topological polar surface area (TPSA) is 80.9 Å². The fourth-order valence-corrected chi connectivity index (χ4v) is 2.14. The van der Waals surface area contributed by atoms with Gasteiger partial charge in [0, 0.05) is 11.1 Å². The zero-order valence-electron chi connectivity index (χ0n) is 11.5. The van der Waals surface area contributed by atoms with E-state index < -0.39 is 0 Å². The lowest BCUT2D eigenvalue weighted by molar-refractivity contribution is 0.102. The average molecular weight is 278 g/mol. The molecule has 0 atom stereocenters. The first-order valence-electron chi connectivity index (χ1n) is 6.54. The molecule has 0 aliphatic carbocycles. The fourth-order valence-electron chi connectivity index (χ4n) is 2.14. The van der Waals surface area contributed by atoms with Crippen LogP contribution in [-0.4, -0.2) is 15.9 Å². The van der Waals surface area contributed by atoms with E-state index in [0.29, 0.717) is 11.6 Å². The van der Waals surface area contributed by atoms with Crippen molar-refractivity contribution in [3.8, 4) is 0 Å². The lowest BCUT2D eigenvalue weighted by Crippen LogP contribution is -2.15. The van der Waals surface area contributed by atoms with Gasteiger partial charge in [0.1, 0.15) is 17.3 Å². The SMILES string of the molecule is Cc1cccc(NC(=O)c2cc3ccccc3c(N)n2)n1. The number of amides is 1. The molecular formula is C16H14N4O. The molecule has 0 spiro atoms. The number of rotatable bonds is 2. The van der Waals surface area contributed by atoms with Gasteiger partial charge < -0.3 is 11.1 Å². The second-order valence-corrected chi connectivity index (χ2v) is 4.73. The highest BCUT2D eigenvalue weighted by atomic mass is 16.1. The van der Waals surface area contributed by atoms with Crippen molar-refractivity contribution >= 4 is 28.3 Å². The molecule has 0 radical (unpaired) electrons. The van der Waals surface area contributed by atoms with E-state index in [2.05, 4.69) is 15.3 Å². The third-order valence-corrected chi connectivity index (χ3v) is 3.13. The summed E-state index contributed by atoms with van der Waals surface area (Å²) in [5.74, 6) is 0.509. The fraction of sp³-hybridized carbons (Fsp3) is 0.0625. The largest absolute Gasteiger partial charge is 0.383 e. The number of fused-ring (bicyclic) bond motifs is 1. The van der Waals surface area contributed by atoms with Gasteiger partial charge in [0.05, 0.1) is 0 Å². The molecule has 0 aliphatic rings. The summed E-state index contributed by atoms with van der Waals surface area (Å²) in [4.78, 5) is 20.6. The maximum absolute atomic E-state index is 12.3. The summed E-state index contributed by atoms with van der Waals surface area (Å²) < 4.78 is 0. The number of carbonyl (C=O) groups is 1. The van der Waals surface area contributed by atoms with Gasteiger partial charge in [-0.15, -0.1) is 0 Å². The Hall–Kier alpha value is -2.95. The van der Waals surface area contributed by atoms with Crippen molar-refractivity contribution in [1.82, 2.24) is 9.97 Å². The van der Waals surface area contributed by atoms with Crippen molar-refractivity contribution in [3.05, 3.63) is 59.9 Å². The third kappa shape index (κ3) is 2.67. The minimum Gasteiger partial charge on any atom is -0.383 e. The normalized spacial score (nSPS) is 10.5. The number of nitrogens with zero attached hydrogens (tertiary/aromatic N) is 2. The number of nitrogen functional groups attached to an aromatic ring is 1. The number of pyridine rings is 2. The smallest absolute Gasteiger partial charge is 0.275 e. The Kier molecular flexibility index (Phi) is 3.23. The molecule has 2 heterocycles. The van der Waals surface area contributed by atoms with Crippen LogP contribution >= 0.6 is 0 Å². The number of aryl methyl sites for hydroxylation is 1. The highest BCUT2D eigenvalue weighted by Crippen LogP contribution is 2.20. The molecule has 1 amide bonds. The van der Waals surface area contributed by atoms with E-state index in [0.717, 1.165) is 16.5 Å². The number of hydrogen-bond donors (Lipinski definition) is 2. The van der Waals surface area contributed by atoms with Gasteiger partial charge in [0.2, 0.25) is 0 Å². The molecule has 0 saturated carbocycles. The molecule has 0 saturated heterocycles. The van der Waals surface area contributed by atoms with E-state index in [9.17, 15) is 4.79 Å². The summed E-state index contributed by atoms with van der Waals surface area (Å²) in [6, 6.07) is 14.7. The predicted molar refractivity (Wildman–Crippen MR) is 83.1 cm³/mol. The Balaban J connectivity index is 1.94. The molecular weight excluding hydrogens is 264 g/mol. The summed E-state index contributed by atoms with van der Waals surface area (Å²) in [6.07, 6.45) is 0. The van der Waals surface area contributed by atoms with Crippen LogP contribution in [0.2, 0.25) is 0 Å². The van der Waals surface area contributed by atoms with E-state index in [-0.39, 0.29) is 11.6 Å². The first-order valence-corrected chi connectivity index (χ1v) is 6.54. The van der Waals surface area contributed by atoms with Gasteiger partial charge in [-0.05, 0) is 30.5 Å². The lowest BCUT2D eigenvalue weighted by Gasteiger charge is -2.07. The predicted octanol–water partition coefficient (Wildman–Crippen LogP) is 2.77. The molecule has 0 fully saturated rings. The first-order chi connectivity index (χ1) is 10.1. The van der Waals surface area contributed by atoms with E-state index >= 15 is 0 Å². The number of benzene rings is 1. The molecule has 0 bridgehead atoms. The minimum absolute atomic E-state index is 0.273. The highest BCUT2D eigenvalue weighted by Gasteiger charge is 2.11. The second kappa shape index (κ2) is 5.20. The van der Waals surface area contributed by atoms with Crippen LogP contribution in [0.5, 0.6) is 0 Å². The minimum atomic E-state index is -0.328. The van der Waals surface area contributed by atoms with Crippen molar-refractivity contribution in [3.63, 3.8) is 0 Å². The highest BCUT2D eigenvalue weighted by molar-refractivity contribution is 6.05. The number of hydrogen-bond acceptors (Lipinski definition) is 4. The summed E-state index contributed by atoms with van der Waals surface area (Å²) in [7, 11) is 0. The number of anilines is 2. The van der Waals surface area contributed by atoms with Gasteiger partial charge in [-0.1, -0.05) is 30.3 Å². The van der Waals surface area contributed by atoms with E-state index in [1.165, 1.54) is 0 Å². The van der Waals surface area contributed by atoms with Gasteiger partial charge in [-0.25, -0.2) is 9.97 Å². The Morgan fingerprint density at radius 3 is 2.71 bits per heavy atom. The van der Waals surface area contributed by atoms with Gasteiger partial charge >= 0.3 is 0 Å². The van der Waals surface area contributed by atoms with E-state index in [1.54, 1.807) is 12.1 Å². The zero-order chi connectivity index (χ0) is 14.8. The van der Waals surface area contributed by atoms with Crippen LogP contribution in [0.15, 0.2) is 48.5 Å². The summed E-state index contributed by atoms with van der Waals surface area (Å²) in [6.45, 7) is 1.86. The van der Waals surface area contributed by atoms with Crippen LogP contribution in [-0.2, 0) is 0 Å². The molecule has 21 heavy (non-hydrogen) atoms. The van der Waals surface area contributed by atoms with Crippen LogP contribution in [0, 0.1) is 6.92 Å². The molecule has 3 rings (SSSR count). The van der Waals surface area contributed by atoms with Crippen molar-refractivity contribution in [2.45, 2.75) is 6.92 Å². The van der Waals surface area contributed by atoms with Gasteiger partial charge in [0.15, 0.2) is 0 Å². The third-order valence-electron chi connectivity index (χ3n) is 3.13. The molecule has 5 heteroatoms. The standard InChI is InChI=1S/C16H14N4O/c1-10-5-4-8-14(18-10)20-16(21)13-9-11-6-2-3-7-12(11)15(17)19-13/h2-9H,1H3,(H2,17,19)(H,18,20,21). The summed E-state index contributed by atoms with van der Waals surface area (Å²) >= 11 is 0. The Morgan fingerprint density at radius 2 is 1.90 bits per heavy atom. The Bertz CT molecular complexity index is 829. The molecule has 3 N–H and O–H groups in total. The van der Waals surface area contributed by atoms with Crippen molar-refractivity contribution in [1.29, 1.82) is 0 Å². The molecule has 0 unspecified atom stereocenters. The van der Waals surface area contributed by atoms with Gasteiger partial charge in [0.25, 0.3) is 5.91 Å². The second-order valence-electron chi connectivity index (χ2n) is 4.73. The van der Waals surface area contributed by atoms with E-state index in [4.69, 9.17) is 5.73 Å². The monoisotopic (exact) mass is 278 g/mol. The number of carbonyl (C=O) groups excluding carboxylic acids is 1. The maximum atomic E-state index is 12.3. The zero-order valence-corrected chi connectivity index (χ0v) is 11.5. The van der Waals surface area contributed by atoms with E-state index in [1.807, 2.05) is 43.3 Å². The molecule has 3 aromatic rings. The van der Waals surface area contributed by atoms with Crippen LogP contribution in [0.4, 0.5) is 11.6 Å².